The number of aromatic nitrogens is 4. The van der Waals surface area contributed by atoms with E-state index in [9.17, 15) is 14.6 Å². The molecular weight excluding hydrogens is 435 g/mol. The molecular formula is C21H25FN6O3S. The molecule has 11 heteroatoms. The number of halogens is 1. The molecule has 5 N–H and O–H groups in total. The van der Waals surface area contributed by atoms with E-state index in [0.29, 0.717) is 33.6 Å². The van der Waals surface area contributed by atoms with Gasteiger partial charge in [-0.05, 0) is 37.1 Å². The average Bonchev–Trinajstić information content (AvgIpc) is 3.28. The molecule has 9 nitrogen and oxygen atoms in total. The maximum absolute atomic E-state index is 14.3. The largest absolute Gasteiger partial charge is 0.394 e. The van der Waals surface area contributed by atoms with Gasteiger partial charge in [0, 0.05) is 30.9 Å². The van der Waals surface area contributed by atoms with Crippen molar-refractivity contribution in [3.05, 3.63) is 53.0 Å². The van der Waals surface area contributed by atoms with E-state index in [2.05, 4.69) is 30.8 Å². The van der Waals surface area contributed by atoms with Gasteiger partial charge >= 0.3 is 0 Å². The number of rotatable bonds is 10. The second-order valence-corrected chi connectivity index (χ2v) is 8.90. The van der Waals surface area contributed by atoms with Crippen LogP contribution in [0.2, 0.25) is 0 Å². The van der Waals surface area contributed by atoms with E-state index >= 15 is 0 Å². The molecule has 0 saturated heterocycles. The van der Waals surface area contributed by atoms with Crippen molar-refractivity contribution in [3.63, 3.8) is 0 Å². The molecule has 0 aliphatic heterocycles. The van der Waals surface area contributed by atoms with Crippen molar-refractivity contribution in [2.75, 3.05) is 25.0 Å². The Bertz CT molecular complexity index is 1030. The maximum atomic E-state index is 14.3. The topological polar surface area (TPSA) is 136 Å². The number of nitrogens with zero attached hydrogens (tertiary/aromatic N) is 4. The first-order valence-corrected chi connectivity index (χ1v) is 11.2. The number of hydrogen-bond acceptors (Lipinski definition) is 10. The third-order valence-corrected chi connectivity index (χ3v) is 6.69. The minimum Gasteiger partial charge on any atom is -0.394 e. The molecule has 1 fully saturated rings. The molecule has 1 aliphatic rings. The van der Waals surface area contributed by atoms with Gasteiger partial charge < -0.3 is 20.6 Å². The summed E-state index contributed by atoms with van der Waals surface area (Å²) in [5, 5.41) is 43.4. The number of anilines is 1. The Balaban J connectivity index is 1.38. The molecule has 0 radical (unpaired) electrons. The van der Waals surface area contributed by atoms with E-state index in [1.807, 2.05) is 0 Å². The average molecular weight is 461 g/mol. The van der Waals surface area contributed by atoms with Gasteiger partial charge in [-0.15, -0.1) is 21.5 Å². The van der Waals surface area contributed by atoms with Crippen LogP contribution < -0.4 is 10.6 Å². The molecule has 0 spiro atoms. The Kier molecular flexibility index (Phi) is 7.01. The molecule has 3 aromatic heterocycles. The minimum absolute atomic E-state index is 0.0506. The van der Waals surface area contributed by atoms with Gasteiger partial charge in [0.25, 0.3) is 0 Å². The van der Waals surface area contributed by atoms with E-state index in [4.69, 9.17) is 5.11 Å². The first kappa shape index (κ1) is 22.6. The van der Waals surface area contributed by atoms with Crippen LogP contribution in [0.3, 0.4) is 0 Å². The van der Waals surface area contributed by atoms with Crippen LogP contribution >= 0.6 is 11.3 Å². The lowest BCUT2D eigenvalue weighted by atomic mass is 9.66. The number of pyridine rings is 1. The monoisotopic (exact) mass is 460 g/mol. The predicted octanol–water partition coefficient (Wildman–Crippen LogP) is 1.60. The first-order chi connectivity index (χ1) is 15.5. The highest BCUT2D eigenvalue weighted by molar-refractivity contribution is 7.15. The Morgan fingerprint density at radius 3 is 2.66 bits per heavy atom. The van der Waals surface area contributed by atoms with E-state index in [1.165, 1.54) is 23.6 Å². The zero-order valence-corrected chi connectivity index (χ0v) is 18.1. The molecule has 3 aromatic rings. The zero-order valence-electron chi connectivity index (χ0n) is 17.3. The fraction of sp³-hybridized carbons (Fsp3) is 0.429. The summed E-state index contributed by atoms with van der Waals surface area (Å²) in [5.41, 5.74) is 0.726. The number of aliphatic hydroxyl groups is 3. The summed E-state index contributed by atoms with van der Waals surface area (Å²) in [4.78, 5) is 9.10. The summed E-state index contributed by atoms with van der Waals surface area (Å²) in [6, 6.07) is 6.61. The summed E-state index contributed by atoms with van der Waals surface area (Å²) in [7, 11) is 0. The second-order valence-electron chi connectivity index (χ2n) is 7.84. The number of thiazole rings is 1. The van der Waals surface area contributed by atoms with E-state index < -0.39 is 12.3 Å². The fourth-order valence-corrected chi connectivity index (χ4v) is 4.46. The van der Waals surface area contributed by atoms with Crippen molar-refractivity contribution in [1.29, 1.82) is 0 Å². The van der Waals surface area contributed by atoms with Crippen molar-refractivity contribution >= 4 is 17.2 Å². The Labute approximate surface area is 188 Å². The van der Waals surface area contributed by atoms with Gasteiger partial charge in [0.2, 0.25) is 0 Å². The highest BCUT2D eigenvalue weighted by Gasteiger charge is 2.41. The molecule has 1 aliphatic carbocycles. The molecule has 2 unspecified atom stereocenters. The summed E-state index contributed by atoms with van der Waals surface area (Å²) in [5.74, 6) is 0.297. The Morgan fingerprint density at radius 2 is 2.00 bits per heavy atom. The van der Waals surface area contributed by atoms with Crippen molar-refractivity contribution in [2.45, 2.75) is 37.0 Å². The van der Waals surface area contributed by atoms with Crippen molar-refractivity contribution < 1.29 is 19.7 Å². The van der Waals surface area contributed by atoms with Crippen LogP contribution in [0.15, 0.2) is 36.7 Å². The lowest BCUT2D eigenvalue weighted by molar-refractivity contribution is 0.0679. The molecule has 32 heavy (non-hydrogen) atoms. The van der Waals surface area contributed by atoms with Gasteiger partial charge in [-0.1, -0.05) is 6.42 Å². The Hall–Kier alpha value is -2.57. The fourth-order valence-electron chi connectivity index (χ4n) is 3.62. The van der Waals surface area contributed by atoms with E-state index in [1.54, 1.807) is 24.4 Å². The molecule has 170 valence electrons. The number of aliphatic hydroxyl groups excluding tert-OH is 3. The van der Waals surface area contributed by atoms with Crippen molar-refractivity contribution in [2.24, 2.45) is 0 Å². The van der Waals surface area contributed by atoms with Gasteiger partial charge in [-0.25, -0.2) is 9.37 Å². The van der Waals surface area contributed by atoms with Gasteiger partial charge in [0.05, 0.1) is 23.3 Å². The molecule has 4 rings (SSSR count). The number of nitrogens with one attached hydrogen (secondary N) is 2. The standard InChI is InChI=1S/C21H25FN6O3S/c22-14-3-1-8-23-18(14)21(6-2-7-21)12-26-17-5-4-15(27-28-17)20-25-10-16(32-20)19(31)24-9-13(30)11-29/h1,3-5,8,10,13,19,24,29-31H,2,6-7,9,11-12H2,(H,26,28). The van der Waals surface area contributed by atoms with Gasteiger partial charge in [-0.2, -0.15) is 0 Å². The SMILES string of the molecule is OCC(O)CNC(O)c1cnc(-c2ccc(NCC3(c4ncccc4F)CCC3)nn2)s1. The summed E-state index contributed by atoms with van der Waals surface area (Å²) in [6.45, 7) is 0.185. The van der Waals surface area contributed by atoms with E-state index in [-0.39, 0.29) is 24.4 Å². The van der Waals surface area contributed by atoms with Crippen LogP contribution in [0.4, 0.5) is 10.2 Å². The molecule has 0 amide bonds. The molecule has 0 bridgehead atoms. The van der Waals surface area contributed by atoms with Crippen molar-refractivity contribution in [1.82, 2.24) is 25.5 Å². The normalized spacial score (nSPS) is 16.9. The van der Waals surface area contributed by atoms with Crippen LogP contribution in [0.25, 0.3) is 10.7 Å². The lowest BCUT2D eigenvalue weighted by Gasteiger charge is -2.41. The second kappa shape index (κ2) is 9.92. The van der Waals surface area contributed by atoms with Gasteiger partial charge in [0.15, 0.2) is 0 Å². The van der Waals surface area contributed by atoms with Crippen LogP contribution in [0.1, 0.15) is 36.1 Å². The zero-order chi connectivity index (χ0) is 22.6. The van der Waals surface area contributed by atoms with Gasteiger partial charge in [0.1, 0.15) is 28.6 Å². The number of hydrogen-bond donors (Lipinski definition) is 5. The van der Waals surface area contributed by atoms with Gasteiger partial charge in [-0.3, -0.25) is 10.3 Å². The summed E-state index contributed by atoms with van der Waals surface area (Å²) >= 11 is 1.25. The molecule has 0 aromatic carbocycles. The molecule has 2 atom stereocenters. The Morgan fingerprint density at radius 1 is 1.16 bits per heavy atom. The highest BCUT2D eigenvalue weighted by Crippen LogP contribution is 2.43. The lowest BCUT2D eigenvalue weighted by Crippen LogP contribution is -2.42. The summed E-state index contributed by atoms with van der Waals surface area (Å²) < 4.78 is 14.3. The molecule has 1 saturated carbocycles. The maximum Gasteiger partial charge on any atom is 0.148 e. The van der Waals surface area contributed by atoms with Crippen LogP contribution in [-0.2, 0) is 5.41 Å². The minimum atomic E-state index is -1.01. The quantitative estimate of drug-likeness (QED) is 0.286. The smallest absolute Gasteiger partial charge is 0.148 e. The third kappa shape index (κ3) is 4.92. The summed E-state index contributed by atoms with van der Waals surface area (Å²) in [6.07, 6.45) is 3.96. The van der Waals surface area contributed by atoms with Crippen LogP contribution in [0, 0.1) is 5.82 Å². The first-order valence-electron chi connectivity index (χ1n) is 10.4. The van der Waals surface area contributed by atoms with Crippen LogP contribution in [-0.4, -0.2) is 61.3 Å². The third-order valence-electron chi connectivity index (χ3n) is 5.61. The van der Waals surface area contributed by atoms with E-state index in [0.717, 1.165) is 19.3 Å². The highest BCUT2D eigenvalue weighted by atomic mass is 32.1. The van der Waals surface area contributed by atoms with Crippen molar-refractivity contribution in [3.8, 4) is 10.7 Å². The van der Waals surface area contributed by atoms with Crippen LogP contribution in [0.5, 0.6) is 0 Å². The molecule has 3 heterocycles. The predicted molar refractivity (Wildman–Crippen MR) is 117 cm³/mol.